The molecule has 0 N–H and O–H groups in total. The molecule has 0 saturated heterocycles. The van der Waals surface area contributed by atoms with Crippen LogP contribution in [0, 0.1) is 0 Å². The van der Waals surface area contributed by atoms with E-state index in [1.165, 1.54) is 0 Å². The monoisotopic (exact) mass is 213 g/mol. The third-order valence-electron chi connectivity index (χ3n) is 1.29. The molecule has 0 amide bonds. The standard InChI is InChI=1S/C5H4BrN5/c1-11-5-4(9-10-11)7-2-3(6)8-5/h2H,1H3. The molecule has 6 heteroatoms. The Kier molecular flexibility index (Phi) is 1.35. The molecule has 0 bridgehead atoms. The van der Waals surface area contributed by atoms with Crippen LogP contribution >= 0.6 is 15.9 Å². The summed E-state index contributed by atoms with van der Waals surface area (Å²) in [5.74, 6) is 0. The van der Waals surface area contributed by atoms with Crippen molar-refractivity contribution in [2.24, 2.45) is 7.05 Å². The normalized spacial score (nSPS) is 10.7. The van der Waals surface area contributed by atoms with Crippen molar-refractivity contribution in [3.05, 3.63) is 10.8 Å². The number of aryl methyl sites for hydroxylation is 1. The van der Waals surface area contributed by atoms with E-state index in [-0.39, 0.29) is 0 Å². The topological polar surface area (TPSA) is 56.5 Å². The molecule has 0 saturated carbocycles. The molecule has 0 aliphatic heterocycles. The summed E-state index contributed by atoms with van der Waals surface area (Å²) in [5.41, 5.74) is 1.25. The SMILES string of the molecule is Cn1nnc2ncc(Br)nc21. The first-order chi connectivity index (χ1) is 5.27. The fraction of sp³-hybridized carbons (Fsp3) is 0.200. The average Bonchev–Trinajstić information content (AvgIpc) is 2.33. The van der Waals surface area contributed by atoms with Crippen molar-refractivity contribution in [3.8, 4) is 0 Å². The maximum Gasteiger partial charge on any atom is 0.221 e. The molecular weight excluding hydrogens is 210 g/mol. The Labute approximate surface area is 70.6 Å². The first kappa shape index (κ1) is 6.66. The Bertz CT molecular complexity index is 395. The van der Waals surface area contributed by atoms with Crippen molar-refractivity contribution in [2.75, 3.05) is 0 Å². The molecule has 0 atom stereocenters. The minimum absolute atomic E-state index is 0.565. The Hall–Kier alpha value is -1.04. The maximum atomic E-state index is 4.13. The van der Waals surface area contributed by atoms with E-state index in [0.29, 0.717) is 15.9 Å². The zero-order chi connectivity index (χ0) is 7.84. The van der Waals surface area contributed by atoms with Gasteiger partial charge >= 0.3 is 0 Å². The van der Waals surface area contributed by atoms with E-state index in [4.69, 9.17) is 0 Å². The van der Waals surface area contributed by atoms with Gasteiger partial charge in [-0.3, -0.25) is 0 Å². The molecule has 2 aromatic heterocycles. The molecule has 0 aromatic carbocycles. The highest BCUT2D eigenvalue weighted by Crippen LogP contribution is 2.08. The van der Waals surface area contributed by atoms with Crippen LogP contribution in [-0.4, -0.2) is 25.0 Å². The molecule has 0 aliphatic rings. The predicted octanol–water partition coefficient (Wildman–Crippen LogP) is 0.521. The van der Waals surface area contributed by atoms with E-state index in [1.807, 2.05) is 0 Å². The van der Waals surface area contributed by atoms with Crippen molar-refractivity contribution >= 4 is 27.2 Å². The summed E-state index contributed by atoms with van der Waals surface area (Å²) in [4.78, 5) is 8.13. The van der Waals surface area contributed by atoms with Crippen LogP contribution in [0.1, 0.15) is 0 Å². The number of rotatable bonds is 0. The quantitative estimate of drug-likeness (QED) is 0.641. The lowest BCUT2D eigenvalue weighted by atomic mass is 10.7. The van der Waals surface area contributed by atoms with Gasteiger partial charge in [-0.15, -0.1) is 5.10 Å². The van der Waals surface area contributed by atoms with Crippen LogP contribution in [0.4, 0.5) is 0 Å². The van der Waals surface area contributed by atoms with Crippen LogP contribution in [0.25, 0.3) is 11.3 Å². The molecule has 11 heavy (non-hydrogen) atoms. The summed E-state index contributed by atoms with van der Waals surface area (Å²) in [6, 6.07) is 0. The lowest BCUT2D eigenvalue weighted by molar-refractivity contribution is 0.729. The van der Waals surface area contributed by atoms with Crippen molar-refractivity contribution in [3.63, 3.8) is 0 Å². The highest BCUT2D eigenvalue weighted by molar-refractivity contribution is 9.10. The number of halogens is 1. The van der Waals surface area contributed by atoms with Crippen LogP contribution in [0.2, 0.25) is 0 Å². The Balaban J connectivity index is 2.87. The highest BCUT2D eigenvalue weighted by atomic mass is 79.9. The van der Waals surface area contributed by atoms with Gasteiger partial charge in [0, 0.05) is 7.05 Å². The van der Waals surface area contributed by atoms with Crippen molar-refractivity contribution < 1.29 is 0 Å². The van der Waals surface area contributed by atoms with E-state index in [1.54, 1.807) is 17.9 Å². The second-order valence-corrected chi connectivity index (χ2v) is 2.87. The van der Waals surface area contributed by atoms with Gasteiger partial charge in [-0.25, -0.2) is 14.6 Å². The third kappa shape index (κ3) is 0.988. The second kappa shape index (κ2) is 2.23. The summed E-state index contributed by atoms with van der Waals surface area (Å²) in [5, 5.41) is 7.54. The molecular formula is C5H4BrN5. The summed E-state index contributed by atoms with van der Waals surface area (Å²) in [6.45, 7) is 0. The van der Waals surface area contributed by atoms with Gasteiger partial charge in [-0.2, -0.15) is 0 Å². The molecule has 2 heterocycles. The smallest absolute Gasteiger partial charge is 0.221 e. The fourth-order valence-corrected chi connectivity index (χ4v) is 1.06. The first-order valence-corrected chi connectivity index (χ1v) is 3.74. The molecule has 0 radical (unpaired) electrons. The minimum Gasteiger partial charge on any atom is -0.229 e. The molecule has 0 spiro atoms. The van der Waals surface area contributed by atoms with Crippen LogP contribution in [0.3, 0.4) is 0 Å². The van der Waals surface area contributed by atoms with E-state index >= 15 is 0 Å². The number of nitrogens with zero attached hydrogens (tertiary/aromatic N) is 5. The first-order valence-electron chi connectivity index (χ1n) is 2.95. The molecule has 2 rings (SSSR count). The van der Waals surface area contributed by atoms with Crippen LogP contribution < -0.4 is 0 Å². The molecule has 56 valence electrons. The van der Waals surface area contributed by atoms with E-state index in [2.05, 4.69) is 36.2 Å². The van der Waals surface area contributed by atoms with Crippen LogP contribution in [0.15, 0.2) is 10.8 Å². The average molecular weight is 214 g/mol. The number of hydrogen-bond acceptors (Lipinski definition) is 4. The van der Waals surface area contributed by atoms with E-state index < -0.39 is 0 Å². The third-order valence-corrected chi connectivity index (χ3v) is 1.67. The number of aromatic nitrogens is 5. The second-order valence-electron chi connectivity index (χ2n) is 2.05. The molecule has 2 aromatic rings. The summed E-state index contributed by atoms with van der Waals surface area (Å²) < 4.78 is 2.27. The van der Waals surface area contributed by atoms with Gasteiger partial charge in [0.05, 0.1) is 6.20 Å². The van der Waals surface area contributed by atoms with E-state index in [0.717, 1.165) is 0 Å². The number of fused-ring (bicyclic) bond motifs is 1. The highest BCUT2D eigenvalue weighted by Gasteiger charge is 2.02. The van der Waals surface area contributed by atoms with Crippen LogP contribution in [-0.2, 0) is 7.05 Å². The largest absolute Gasteiger partial charge is 0.229 e. The van der Waals surface area contributed by atoms with Gasteiger partial charge in [0.25, 0.3) is 0 Å². The fourth-order valence-electron chi connectivity index (χ4n) is 0.792. The van der Waals surface area contributed by atoms with Gasteiger partial charge < -0.3 is 0 Å². The molecule has 0 unspecified atom stereocenters. The zero-order valence-corrected chi connectivity index (χ0v) is 7.28. The Morgan fingerprint density at radius 3 is 3.18 bits per heavy atom. The summed E-state index contributed by atoms with van der Waals surface area (Å²) in [6.07, 6.45) is 1.59. The molecule has 5 nitrogen and oxygen atoms in total. The van der Waals surface area contributed by atoms with Crippen LogP contribution in [0.5, 0.6) is 0 Å². The van der Waals surface area contributed by atoms with Gasteiger partial charge in [-0.1, -0.05) is 5.21 Å². The molecule has 0 fully saturated rings. The van der Waals surface area contributed by atoms with Crippen molar-refractivity contribution in [1.82, 2.24) is 25.0 Å². The summed E-state index contributed by atoms with van der Waals surface area (Å²) >= 11 is 3.21. The van der Waals surface area contributed by atoms with Gasteiger partial charge in [0.1, 0.15) is 4.60 Å². The zero-order valence-electron chi connectivity index (χ0n) is 5.69. The molecule has 0 aliphatic carbocycles. The predicted molar refractivity (Wildman–Crippen MR) is 41.8 cm³/mol. The lowest BCUT2D eigenvalue weighted by Gasteiger charge is -1.89. The lowest BCUT2D eigenvalue weighted by Crippen LogP contribution is -1.92. The van der Waals surface area contributed by atoms with E-state index in [9.17, 15) is 0 Å². The maximum absolute atomic E-state index is 4.13. The number of hydrogen-bond donors (Lipinski definition) is 0. The Morgan fingerprint density at radius 1 is 1.55 bits per heavy atom. The van der Waals surface area contributed by atoms with Crippen molar-refractivity contribution in [1.29, 1.82) is 0 Å². The summed E-state index contributed by atoms with van der Waals surface area (Å²) in [7, 11) is 1.77. The van der Waals surface area contributed by atoms with Gasteiger partial charge in [0.2, 0.25) is 5.65 Å². The van der Waals surface area contributed by atoms with Gasteiger partial charge in [-0.05, 0) is 15.9 Å². The van der Waals surface area contributed by atoms with Gasteiger partial charge in [0.15, 0.2) is 5.65 Å². The Morgan fingerprint density at radius 2 is 2.36 bits per heavy atom. The van der Waals surface area contributed by atoms with Crippen molar-refractivity contribution in [2.45, 2.75) is 0 Å². The minimum atomic E-state index is 0.565.